The fraction of sp³-hybridized carbons (Fsp3) is 0.263. The standard InChI is InChI=1S/C19H18N6O5S2/c1-30-23-12(11-9-32-19(20)21-11)15(26)22-13-16(27)25-14(18(28)29)10(8-31-17(13)25)7-24-5-3-2-4-6-24/h2-6,9,13,17H,7-8H2,1H3,(H3-,20,21,22,26,28,29)/b23-12-/t13-,17-/m1/s1. The number of thiazole rings is 1. The Hall–Kier alpha value is -3.45. The monoisotopic (exact) mass is 474 g/mol. The maximum atomic E-state index is 12.8. The first-order valence-electron chi connectivity index (χ1n) is 9.36. The van der Waals surface area contributed by atoms with Crippen LogP contribution in [-0.2, 0) is 25.8 Å². The number of pyridine rings is 1. The number of hydrogen-bond donors (Lipinski definition) is 2. The number of nitrogens with two attached hydrogens (primary N) is 1. The number of rotatable bonds is 7. The zero-order chi connectivity index (χ0) is 22.8. The summed E-state index contributed by atoms with van der Waals surface area (Å²) in [6.07, 6.45) is 3.61. The molecule has 13 heteroatoms. The van der Waals surface area contributed by atoms with Gasteiger partial charge in [0.05, 0.1) is 11.7 Å². The number of nitrogens with zero attached hydrogens (tertiary/aromatic N) is 4. The number of carboxylic acids is 1. The molecule has 3 N–H and O–H groups in total. The Kier molecular flexibility index (Phi) is 6.10. The lowest BCUT2D eigenvalue weighted by molar-refractivity contribution is -0.689. The average molecular weight is 475 g/mol. The van der Waals surface area contributed by atoms with Crippen LogP contribution in [0.25, 0.3) is 0 Å². The van der Waals surface area contributed by atoms with Crippen LogP contribution < -0.4 is 20.7 Å². The molecule has 2 aromatic rings. The van der Waals surface area contributed by atoms with Gasteiger partial charge in [-0.3, -0.25) is 14.5 Å². The first-order valence-corrected chi connectivity index (χ1v) is 11.3. The number of nitrogens with one attached hydrogen (secondary N) is 1. The van der Waals surface area contributed by atoms with Crippen LogP contribution in [0.4, 0.5) is 5.13 Å². The van der Waals surface area contributed by atoms with Crippen molar-refractivity contribution < 1.29 is 28.9 Å². The molecule has 4 rings (SSSR count). The van der Waals surface area contributed by atoms with Gasteiger partial charge in [0.15, 0.2) is 29.8 Å². The second-order valence-electron chi connectivity index (χ2n) is 6.84. The number of β-lactam (4-membered cyclic amide) rings is 1. The molecule has 4 heterocycles. The SMILES string of the molecule is CO/N=C(\C(=O)N[C@@H]1C(=O)N2C(C(=O)[O-])=C(C[n+]3ccccc3)CS[C@H]12)c1csc(N)n1. The molecule has 2 aliphatic heterocycles. The van der Waals surface area contributed by atoms with Gasteiger partial charge in [-0.25, -0.2) is 9.55 Å². The summed E-state index contributed by atoms with van der Waals surface area (Å²) in [4.78, 5) is 47.4. The number of aliphatic carboxylic acids is 1. The van der Waals surface area contributed by atoms with Gasteiger partial charge in [0.25, 0.3) is 11.8 Å². The van der Waals surface area contributed by atoms with E-state index in [1.54, 1.807) is 17.8 Å². The molecule has 0 unspecified atom stereocenters. The van der Waals surface area contributed by atoms with Crippen molar-refractivity contribution in [3.05, 3.63) is 52.9 Å². The van der Waals surface area contributed by atoms with Crippen molar-refractivity contribution in [3.8, 4) is 0 Å². The van der Waals surface area contributed by atoms with E-state index in [2.05, 4.69) is 15.5 Å². The van der Waals surface area contributed by atoms with Gasteiger partial charge in [0.1, 0.15) is 24.2 Å². The van der Waals surface area contributed by atoms with E-state index < -0.39 is 29.2 Å². The van der Waals surface area contributed by atoms with E-state index in [1.807, 2.05) is 22.8 Å². The van der Waals surface area contributed by atoms with Gasteiger partial charge in [-0.05, 0) is 0 Å². The maximum absolute atomic E-state index is 12.8. The van der Waals surface area contributed by atoms with Crippen LogP contribution in [0, 0.1) is 0 Å². The van der Waals surface area contributed by atoms with Gasteiger partial charge in [-0.2, -0.15) is 0 Å². The van der Waals surface area contributed by atoms with E-state index in [9.17, 15) is 19.5 Å². The third kappa shape index (κ3) is 4.03. The second kappa shape index (κ2) is 8.96. The lowest BCUT2D eigenvalue weighted by atomic mass is 10.0. The zero-order valence-corrected chi connectivity index (χ0v) is 18.4. The highest BCUT2D eigenvalue weighted by Gasteiger charge is 2.53. The molecule has 2 amide bonds. The molecule has 1 fully saturated rings. The van der Waals surface area contributed by atoms with E-state index in [0.717, 1.165) is 11.3 Å². The summed E-state index contributed by atoms with van der Waals surface area (Å²) >= 11 is 2.49. The molecule has 1 saturated heterocycles. The van der Waals surface area contributed by atoms with E-state index in [-0.39, 0.29) is 22.2 Å². The number of carboxylic acid groups (broad SMARTS) is 1. The largest absolute Gasteiger partial charge is 0.543 e. The Bertz CT molecular complexity index is 1130. The van der Waals surface area contributed by atoms with Gasteiger partial charge in [-0.15, -0.1) is 23.1 Å². The van der Waals surface area contributed by atoms with Crippen LogP contribution in [0.1, 0.15) is 5.69 Å². The van der Waals surface area contributed by atoms with Crippen LogP contribution in [0.2, 0.25) is 0 Å². The van der Waals surface area contributed by atoms with Gasteiger partial charge >= 0.3 is 0 Å². The fourth-order valence-corrected chi connectivity index (χ4v) is 5.34. The van der Waals surface area contributed by atoms with Crippen molar-refractivity contribution in [2.75, 3.05) is 18.6 Å². The van der Waals surface area contributed by atoms with Crippen molar-refractivity contribution in [1.29, 1.82) is 0 Å². The number of carbonyl (C=O) groups excluding carboxylic acids is 3. The quantitative estimate of drug-likeness (QED) is 0.212. The summed E-state index contributed by atoms with van der Waals surface area (Å²) in [6.45, 7) is 0.306. The van der Waals surface area contributed by atoms with Crippen LogP contribution >= 0.6 is 23.1 Å². The predicted octanol–water partition coefficient (Wildman–Crippen LogP) is -1.53. The first kappa shape index (κ1) is 21.8. The summed E-state index contributed by atoms with van der Waals surface area (Å²) in [5, 5.41) is 19.4. The molecule has 2 aromatic heterocycles. The Balaban J connectivity index is 1.53. The Morgan fingerprint density at radius 2 is 2.16 bits per heavy atom. The number of carbonyl (C=O) groups is 3. The molecule has 11 nitrogen and oxygen atoms in total. The molecule has 166 valence electrons. The van der Waals surface area contributed by atoms with E-state index in [0.29, 0.717) is 17.9 Å². The molecule has 0 radical (unpaired) electrons. The molecule has 32 heavy (non-hydrogen) atoms. The summed E-state index contributed by atoms with van der Waals surface area (Å²) in [5.41, 5.74) is 6.10. The molecule has 2 aliphatic rings. The summed E-state index contributed by atoms with van der Waals surface area (Å²) in [5.74, 6) is -2.28. The lowest BCUT2D eigenvalue weighted by Gasteiger charge is -2.50. The number of amides is 2. The third-order valence-corrected chi connectivity index (χ3v) is 6.85. The Labute approximate surface area is 190 Å². The highest BCUT2D eigenvalue weighted by Crippen LogP contribution is 2.40. The van der Waals surface area contributed by atoms with Gasteiger partial charge in [0.2, 0.25) is 0 Å². The number of nitrogen functional groups attached to an aromatic ring is 1. The van der Waals surface area contributed by atoms with Crippen LogP contribution in [-0.4, -0.2) is 57.7 Å². The van der Waals surface area contributed by atoms with Gasteiger partial charge < -0.3 is 25.8 Å². The van der Waals surface area contributed by atoms with E-state index in [1.165, 1.54) is 23.8 Å². The van der Waals surface area contributed by atoms with E-state index >= 15 is 0 Å². The summed E-state index contributed by atoms with van der Waals surface area (Å²) < 4.78 is 1.82. The highest BCUT2D eigenvalue weighted by molar-refractivity contribution is 8.00. The smallest absolute Gasteiger partial charge is 0.276 e. The second-order valence-corrected chi connectivity index (χ2v) is 8.84. The van der Waals surface area contributed by atoms with Crippen molar-refractivity contribution in [2.24, 2.45) is 5.16 Å². The molecule has 0 bridgehead atoms. The van der Waals surface area contributed by atoms with Crippen molar-refractivity contribution in [1.82, 2.24) is 15.2 Å². The van der Waals surface area contributed by atoms with Crippen LogP contribution in [0.15, 0.2) is 52.4 Å². The number of oxime groups is 1. The fourth-order valence-electron chi connectivity index (χ4n) is 3.46. The minimum Gasteiger partial charge on any atom is -0.543 e. The molecule has 0 spiro atoms. The third-order valence-electron chi connectivity index (χ3n) is 4.84. The van der Waals surface area contributed by atoms with Crippen molar-refractivity contribution in [3.63, 3.8) is 0 Å². The van der Waals surface area contributed by atoms with Crippen LogP contribution in [0.5, 0.6) is 0 Å². The topological polar surface area (TPSA) is 154 Å². The minimum absolute atomic E-state index is 0.135. The molecule has 2 atom stereocenters. The Morgan fingerprint density at radius 1 is 1.41 bits per heavy atom. The normalized spacial score (nSPS) is 20.5. The average Bonchev–Trinajstić information content (AvgIpc) is 3.21. The van der Waals surface area contributed by atoms with Crippen LogP contribution in [0.3, 0.4) is 0 Å². The molecular formula is C19H18N6O5S2. The number of hydrogen-bond acceptors (Lipinski definition) is 10. The first-order chi connectivity index (χ1) is 15.4. The molecular weight excluding hydrogens is 456 g/mol. The van der Waals surface area contributed by atoms with Gasteiger partial charge in [-0.1, -0.05) is 11.2 Å². The predicted molar refractivity (Wildman–Crippen MR) is 114 cm³/mol. The molecule has 0 aliphatic carbocycles. The minimum atomic E-state index is -1.43. The number of thioether (sulfide) groups is 1. The van der Waals surface area contributed by atoms with E-state index in [4.69, 9.17) is 10.6 Å². The lowest BCUT2D eigenvalue weighted by Crippen LogP contribution is -2.71. The molecule has 0 aromatic carbocycles. The Morgan fingerprint density at radius 3 is 2.78 bits per heavy atom. The number of fused-ring (bicyclic) bond motifs is 1. The van der Waals surface area contributed by atoms with Gasteiger partial charge in [0, 0.05) is 28.8 Å². The number of aromatic nitrogens is 2. The maximum Gasteiger partial charge on any atom is 0.276 e. The summed E-state index contributed by atoms with van der Waals surface area (Å²) in [6, 6.07) is 4.58. The zero-order valence-electron chi connectivity index (χ0n) is 16.8. The summed E-state index contributed by atoms with van der Waals surface area (Å²) in [7, 11) is 1.28. The highest BCUT2D eigenvalue weighted by atomic mass is 32.2. The number of anilines is 1. The van der Waals surface area contributed by atoms with Crippen molar-refractivity contribution in [2.45, 2.75) is 18.0 Å². The van der Waals surface area contributed by atoms with Crippen molar-refractivity contribution >= 4 is 51.7 Å². The molecule has 0 saturated carbocycles.